The molecule has 39 heavy (non-hydrogen) atoms. The molecule has 2 rings (SSSR count). The first kappa shape index (κ1) is 35.2. The average molecular weight is 574 g/mol. The van der Waals surface area contributed by atoms with Crippen LogP contribution in [-0.2, 0) is 37.8 Å². The maximum atomic E-state index is 11.7. The van der Waals surface area contributed by atoms with Gasteiger partial charge in [0.2, 0.25) is 0 Å². The molecule has 0 aromatic carbocycles. The first-order chi connectivity index (χ1) is 18.0. The summed E-state index contributed by atoms with van der Waals surface area (Å²) in [4.78, 5) is 31.0. The third-order valence-corrected chi connectivity index (χ3v) is 13.5. The summed E-state index contributed by atoms with van der Waals surface area (Å²) in [7, 11) is -2.37. The molecule has 0 saturated carbocycles. The normalized spacial score (nSPS) is 35.2. The fourth-order valence-corrected chi connectivity index (χ4v) is 7.29. The molecule has 10 atom stereocenters. The minimum atomic E-state index is -2.37. The molecule has 0 radical (unpaired) electrons. The summed E-state index contributed by atoms with van der Waals surface area (Å²) in [5.41, 5.74) is 9.39. The largest absolute Gasteiger partial charge is 0.463 e. The minimum absolute atomic E-state index is 0.0302. The van der Waals surface area contributed by atoms with Crippen LogP contribution in [0.15, 0.2) is 5.11 Å². The Kier molecular flexibility index (Phi) is 13.3. The summed E-state index contributed by atoms with van der Waals surface area (Å²) in [5.74, 6) is -0.513. The van der Waals surface area contributed by atoms with Crippen LogP contribution in [-0.4, -0.2) is 75.2 Å². The number of azide groups is 1. The second kappa shape index (κ2) is 14.7. The summed E-state index contributed by atoms with van der Waals surface area (Å²) in [6.45, 7) is 22.0. The Bertz CT molecular complexity index is 890. The number of aliphatic hydroxyl groups excluding tert-OH is 1. The number of rotatable bonds is 9. The van der Waals surface area contributed by atoms with Gasteiger partial charge in [-0.25, -0.2) is 0 Å². The first-order valence-corrected chi connectivity index (χ1v) is 16.4. The molecule has 0 aliphatic carbocycles. The fraction of sp³-hybridized carbons (Fsp3) is 0.923. The van der Waals surface area contributed by atoms with Crippen molar-refractivity contribution in [3.8, 4) is 0 Å². The summed E-state index contributed by atoms with van der Waals surface area (Å²) < 4.78 is 30.9. The lowest BCUT2D eigenvalue weighted by molar-refractivity contribution is -0.315. The van der Waals surface area contributed by atoms with Gasteiger partial charge in [0.05, 0.1) is 24.4 Å². The van der Waals surface area contributed by atoms with Crippen LogP contribution in [0.3, 0.4) is 0 Å². The number of hydrogen-bond acceptors (Lipinski definition) is 10. The molecule has 0 aromatic rings. The third-order valence-electron chi connectivity index (χ3n) is 8.97. The van der Waals surface area contributed by atoms with Crippen molar-refractivity contribution in [3.05, 3.63) is 10.4 Å². The van der Waals surface area contributed by atoms with Crippen LogP contribution in [0.5, 0.6) is 0 Å². The maximum Gasteiger partial charge on any atom is 0.373 e. The van der Waals surface area contributed by atoms with E-state index in [2.05, 4.69) is 50.8 Å². The van der Waals surface area contributed by atoms with E-state index in [1.165, 1.54) is 6.92 Å². The highest BCUT2D eigenvalue weighted by Crippen LogP contribution is 2.47. The lowest BCUT2D eigenvalue weighted by Gasteiger charge is -2.50. The maximum absolute atomic E-state index is 11.7. The van der Waals surface area contributed by atoms with Gasteiger partial charge in [-0.3, -0.25) is 4.79 Å². The quantitative estimate of drug-likeness (QED) is 0.138. The van der Waals surface area contributed by atoms with Crippen molar-refractivity contribution in [1.82, 2.24) is 0 Å². The van der Waals surface area contributed by atoms with Crippen LogP contribution in [0.25, 0.3) is 10.4 Å². The Morgan fingerprint density at radius 3 is 2.15 bits per heavy atom. The van der Waals surface area contributed by atoms with Crippen LogP contribution < -0.4 is 0 Å². The zero-order chi connectivity index (χ0) is 30.3. The van der Waals surface area contributed by atoms with Gasteiger partial charge in [0.25, 0.3) is 0 Å². The lowest BCUT2D eigenvalue weighted by Crippen LogP contribution is -2.61. The minimum Gasteiger partial charge on any atom is -0.463 e. The van der Waals surface area contributed by atoms with E-state index >= 15 is 0 Å². The number of carbonyl (C=O) groups is 1. The molecular formula is C26H47N3O9Si. The van der Waals surface area contributed by atoms with E-state index in [1.807, 2.05) is 27.7 Å². The van der Waals surface area contributed by atoms with Gasteiger partial charge >= 0.3 is 12.1 Å². The zero-order valence-electron chi connectivity index (χ0n) is 25.1. The third kappa shape index (κ3) is 8.58. The molecule has 224 valence electrons. The number of aliphatic hydroxyl groups is 1. The molecule has 1 N–H and O–H groups in total. The zero-order valence-corrected chi connectivity index (χ0v) is 26.1. The van der Waals surface area contributed by atoms with E-state index in [1.54, 1.807) is 0 Å². The van der Waals surface area contributed by atoms with E-state index in [-0.39, 0.29) is 35.6 Å². The molecule has 12 nitrogen and oxygen atoms in total. The van der Waals surface area contributed by atoms with Gasteiger partial charge in [-0.1, -0.05) is 53.6 Å². The highest BCUT2D eigenvalue weighted by Gasteiger charge is 2.52. The number of esters is 1. The van der Waals surface area contributed by atoms with E-state index in [0.717, 1.165) is 0 Å². The molecule has 2 saturated heterocycles. The highest BCUT2D eigenvalue weighted by molar-refractivity contribution is 6.74. The first-order valence-electron chi connectivity index (χ1n) is 13.5. The summed E-state index contributed by atoms with van der Waals surface area (Å²) in [6.07, 6.45) is -3.41. The molecular weight excluding hydrogens is 526 g/mol. The standard InChI is InChI=1S/C25H47N3O7Si.CO2/c1-13(2)25(8,9)36(10,11)35-24-20(27-28-26)16(5)22(19(33-24)12-31-18(7)29)34-23-15(4)14(3)21(30)17(6)32-23;2-1-3/h13-17,19-24,30H,12H2,1-11H3;/t14-,15?,16-,17?,19?,20?,21+,22+,23+,24+;/m1./s1. The van der Waals surface area contributed by atoms with Crippen molar-refractivity contribution in [2.75, 3.05) is 6.61 Å². The smallest absolute Gasteiger partial charge is 0.373 e. The van der Waals surface area contributed by atoms with Gasteiger partial charge in [0, 0.05) is 17.8 Å². The highest BCUT2D eigenvalue weighted by atomic mass is 28.4. The molecule has 0 spiro atoms. The summed E-state index contributed by atoms with van der Waals surface area (Å²) >= 11 is 0. The molecule has 13 heteroatoms. The number of carbonyl (C=O) groups excluding carboxylic acids is 3. The number of hydrogen-bond donors (Lipinski definition) is 1. The second-order valence-electron chi connectivity index (χ2n) is 12.0. The van der Waals surface area contributed by atoms with Crippen LogP contribution in [0.2, 0.25) is 18.1 Å². The van der Waals surface area contributed by atoms with Crippen molar-refractivity contribution >= 4 is 20.4 Å². The predicted octanol–water partition coefficient (Wildman–Crippen LogP) is 4.43. The van der Waals surface area contributed by atoms with Crippen molar-refractivity contribution < 1.29 is 42.9 Å². The predicted molar refractivity (Wildman–Crippen MR) is 143 cm³/mol. The molecule has 4 unspecified atom stereocenters. The number of ether oxygens (including phenoxy) is 4. The van der Waals surface area contributed by atoms with Gasteiger partial charge in [-0.15, -0.1) is 0 Å². The Labute approximate surface area is 232 Å². The van der Waals surface area contributed by atoms with E-state index in [9.17, 15) is 15.4 Å². The van der Waals surface area contributed by atoms with Gasteiger partial charge in [-0.2, -0.15) is 9.59 Å². The van der Waals surface area contributed by atoms with E-state index in [0.29, 0.717) is 5.92 Å². The Morgan fingerprint density at radius 1 is 1.10 bits per heavy atom. The Hall–Kier alpha value is -1.82. The van der Waals surface area contributed by atoms with Crippen molar-refractivity contribution in [3.63, 3.8) is 0 Å². The Balaban J connectivity index is 0.00000242. The SMILES string of the molecule is CC(=O)OCC1O[C@@H](O[Si](C)(C)C(C)(C)C(C)C)C(N=[N+]=[N-])[C@@H](C)[C@@H]1O[C@@H]1OC(C)[C@@H](O)[C@H](C)C1C.O=C=O. The van der Waals surface area contributed by atoms with Crippen LogP contribution in [0.1, 0.15) is 62.3 Å². The lowest BCUT2D eigenvalue weighted by atomic mass is 9.84. The fourth-order valence-electron chi connectivity index (χ4n) is 4.82. The van der Waals surface area contributed by atoms with Crippen LogP contribution in [0.4, 0.5) is 0 Å². The molecule has 0 amide bonds. The van der Waals surface area contributed by atoms with Gasteiger partial charge in [0.15, 0.2) is 20.9 Å². The van der Waals surface area contributed by atoms with E-state index in [4.69, 9.17) is 33.0 Å². The van der Waals surface area contributed by atoms with Gasteiger partial charge < -0.3 is 28.5 Å². The molecule has 2 aliphatic rings. The summed E-state index contributed by atoms with van der Waals surface area (Å²) in [6, 6.07) is -0.650. The van der Waals surface area contributed by atoms with Crippen LogP contribution in [0, 0.1) is 23.7 Å². The molecule has 2 heterocycles. The molecule has 0 bridgehead atoms. The topological polar surface area (TPSA) is 166 Å². The van der Waals surface area contributed by atoms with Gasteiger partial charge in [-0.05, 0) is 48.3 Å². The van der Waals surface area contributed by atoms with Gasteiger partial charge in [0.1, 0.15) is 12.7 Å². The van der Waals surface area contributed by atoms with E-state index < -0.39 is 57.3 Å². The average Bonchev–Trinajstić information content (AvgIpc) is 2.83. The molecule has 2 aliphatic heterocycles. The summed E-state index contributed by atoms with van der Waals surface area (Å²) in [5, 5.41) is 14.4. The molecule has 0 aromatic heterocycles. The molecule has 2 fully saturated rings. The van der Waals surface area contributed by atoms with Crippen molar-refractivity contribution in [2.24, 2.45) is 28.8 Å². The Morgan fingerprint density at radius 2 is 1.67 bits per heavy atom. The van der Waals surface area contributed by atoms with Crippen molar-refractivity contribution in [2.45, 2.75) is 123 Å². The number of nitrogens with zero attached hydrogens (tertiary/aromatic N) is 3. The second-order valence-corrected chi connectivity index (χ2v) is 16.6. The van der Waals surface area contributed by atoms with Crippen molar-refractivity contribution in [1.29, 1.82) is 0 Å². The van der Waals surface area contributed by atoms with Crippen LogP contribution >= 0.6 is 0 Å². The monoisotopic (exact) mass is 573 g/mol.